The third-order valence-corrected chi connectivity index (χ3v) is 4.88. The minimum Gasteiger partial charge on any atom is -0.381 e. The monoisotopic (exact) mass is 346 g/mol. The Labute approximate surface area is 145 Å². The lowest BCUT2D eigenvalue weighted by atomic mass is 10.1. The van der Waals surface area contributed by atoms with Gasteiger partial charge in [-0.1, -0.05) is 29.0 Å². The molecule has 0 bridgehead atoms. The van der Waals surface area contributed by atoms with Crippen molar-refractivity contribution >= 4 is 22.9 Å². The summed E-state index contributed by atoms with van der Waals surface area (Å²) in [6.45, 7) is 5.39. The first kappa shape index (κ1) is 17.0. The SMILES string of the molecule is Cc1ccc(NC(=O)c2nnc(CN(C)CC3CCOC3)s2)cc1. The number of benzene rings is 1. The number of hydrogen-bond acceptors (Lipinski definition) is 6. The molecule has 0 saturated carbocycles. The Balaban J connectivity index is 1.54. The molecule has 0 radical (unpaired) electrons. The Kier molecular flexibility index (Phi) is 5.55. The van der Waals surface area contributed by atoms with Crippen LogP contribution in [0.25, 0.3) is 0 Å². The van der Waals surface area contributed by atoms with Crippen molar-refractivity contribution < 1.29 is 9.53 Å². The first-order valence-electron chi connectivity index (χ1n) is 8.07. The van der Waals surface area contributed by atoms with Crippen LogP contribution in [0.2, 0.25) is 0 Å². The summed E-state index contributed by atoms with van der Waals surface area (Å²) in [5, 5.41) is 12.3. The van der Waals surface area contributed by atoms with Crippen molar-refractivity contribution in [2.75, 3.05) is 32.1 Å². The quantitative estimate of drug-likeness (QED) is 0.871. The second-order valence-corrected chi connectivity index (χ2v) is 7.31. The predicted octanol–water partition coefficient (Wildman–Crippen LogP) is 2.57. The van der Waals surface area contributed by atoms with Gasteiger partial charge in [-0.25, -0.2) is 0 Å². The Morgan fingerprint density at radius 3 is 2.88 bits per heavy atom. The molecule has 2 aromatic rings. The van der Waals surface area contributed by atoms with Gasteiger partial charge in [0, 0.05) is 18.8 Å². The van der Waals surface area contributed by atoms with Crippen molar-refractivity contribution in [3.63, 3.8) is 0 Å². The van der Waals surface area contributed by atoms with E-state index in [2.05, 4.69) is 27.5 Å². The highest BCUT2D eigenvalue weighted by Gasteiger charge is 2.19. The third-order valence-electron chi connectivity index (χ3n) is 3.97. The molecule has 1 aliphatic heterocycles. The highest BCUT2D eigenvalue weighted by atomic mass is 32.1. The molecule has 7 heteroatoms. The van der Waals surface area contributed by atoms with Gasteiger partial charge in [0.1, 0.15) is 5.01 Å². The lowest BCUT2D eigenvalue weighted by Crippen LogP contribution is -2.25. The summed E-state index contributed by atoms with van der Waals surface area (Å²) in [5.41, 5.74) is 1.92. The molecule has 1 atom stereocenters. The van der Waals surface area contributed by atoms with E-state index in [9.17, 15) is 4.79 Å². The number of rotatable bonds is 6. The maximum atomic E-state index is 12.2. The van der Waals surface area contributed by atoms with E-state index in [1.807, 2.05) is 31.2 Å². The van der Waals surface area contributed by atoms with Gasteiger partial charge in [0.25, 0.3) is 5.91 Å². The first-order valence-corrected chi connectivity index (χ1v) is 8.88. The number of aromatic nitrogens is 2. The van der Waals surface area contributed by atoms with Crippen molar-refractivity contribution in [1.82, 2.24) is 15.1 Å². The molecule has 1 amide bonds. The summed E-state index contributed by atoms with van der Waals surface area (Å²) in [4.78, 5) is 14.5. The second-order valence-electron chi connectivity index (χ2n) is 6.25. The first-order chi connectivity index (χ1) is 11.6. The Bertz CT molecular complexity index is 680. The molecule has 6 nitrogen and oxygen atoms in total. The molecule has 3 rings (SSSR count). The fourth-order valence-corrected chi connectivity index (χ4v) is 3.51. The molecular formula is C17H22N4O2S. The lowest BCUT2D eigenvalue weighted by molar-refractivity contribution is 0.102. The molecule has 0 aliphatic carbocycles. The number of carbonyl (C=O) groups excluding carboxylic acids is 1. The molecule has 1 aliphatic rings. The van der Waals surface area contributed by atoms with Crippen LogP contribution in [-0.4, -0.2) is 47.8 Å². The van der Waals surface area contributed by atoms with Crippen LogP contribution in [0.15, 0.2) is 24.3 Å². The van der Waals surface area contributed by atoms with E-state index >= 15 is 0 Å². The van der Waals surface area contributed by atoms with E-state index in [0.717, 1.165) is 42.4 Å². The maximum Gasteiger partial charge on any atom is 0.286 e. The number of hydrogen-bond donors (Lipinski definition) is 1. The molecular weight excluding hydrogens is 324 g/mol. The van der Waals surface area contributed by atoms with E-state index in [1.165, 1.54) is 11.3 Å². The van der Waals surface area contributed by atoms with Gasteiger partial charge in [-0.15, -0.1) is 10.2 Å². The van der Waals surface area contributed by atoms with Gasteiger partial charge in [-0.3, -0.25) is 9.69 Å². The normalized spacial score (nSPS) is 17.4. The zero-order chi connectivity index (χ0) is 16.9. The van der Waals surface area contributed by atoms with E-state index in [-0.39, 0.29) is 5.91 Å². The van der Waals surface area contributed by atoms with Gasteiger partial charge < -0.3 is 10.1 Å². The molecule has 1 N–H and O–H groups in total. The van der Waals surface area contributed by atoms with E-state index in [0.29, 0.717) is 17.5 Å². The van der Waals surface area contributed by atoms with Gasteiger partial charge in [0.05, 0.1) is 13.2 Å². The van der Waals surface area contributed by atoms with Crippen LogP contribution < -0.4 is 5.32 Å². The minimum atomic E-state index is -0.213. The average molecular weight is 346 g/mol. The predicted molar refractivity (Wildman–Crippen MR) is 94.3 cm³/mol. The topological polar surface area (TPSA) is 67.4 Å². The number of amides is 1. The highest BCUT2D eigenvalue weighted by Crippen LogP contribution is 2.17. The van der Waals surface area contributed by atoms with Gasteiger partial charge in [0.2, 0.25) is 5.01 Å². The number of carbonyl (C=O) groups is 1. The molecule has 128 valence electrons. The molecule has 1 fully saturated rings. The number of anilines is 1. The maximum absolute atomic E-state index is 12.2. The summed E-state index contributed by atoms with van der Waals surface area (Å²) >= 11 is 1.34. The van der Waals surface area contributed by atoms with Crippen molar-refractivity contribution in [3.8, 4) is 0 Å². The van der Waals surface area contributed by atoms with Crippen molar-refractivity contribution in [1.29, 1.82) is 0 Å². The van der Waals surface area contributed by atoms with Crippen LogP contribution in [0.1, 0.15) is 26.8 Å². The van der Waals surface area contributed by atoms with E-state index in [1.54, 1.807) is 0 Å². The third kappa shape index (κ3) is 4.59. The summed E-state index contributed by atoms with van der Waals surface area (Å²) in [5.74, 6) is 0.377. The fourth-order valence-electron chi connectivity index (χ4n) is 2.69. The van der Waals surface area contributed by atoms with E-state index in [4.69, 9.17) is 4.74 Å². The van der Waals surface area contributed by atoms with Crippen LogP contribution in [-0.2, 0) is 11.3 Å². The molecule has 1 unspecified atom stereocenters. The number of aryl methyl sites for hydroxylation is 1. The minimum absolute atomic E-state index is 0.213. The Hall–Kier alpha value is -1.83. The van der Waals surface area contributed by atoms with Gasteiger partial charge in [-0.2, -0.15) is 0 Å². The van der Waals surface area contributed by atoms with Gasteiger partial charge >= 0.3 is 0 Å². The lowest BCUT2D eigenvalue weighted by Gasteiger charge is -2.18. The van der Waals surface area contributed by atoms with Gasteiger partial charge in [-0.05, 0) is 38.4 Å². The zero-order valence-corrected chi connectivity index (χ0v) is 14.8. The standard InChI is InChI=1S/C17H22N4O2S/c1-12-3-5-14(6-4-12)18-16(22)17-20-19-15(24-17)10-21(2)9-13-7-8-23-11-13/h3-6,13H,7-11H2,1-2H3,(H,18,22). The second kappa shape index (κ2) is 7.83. The summed E-state index contributed by atoms with van der Waals surface area (Å²) in [6, 6.07) is 7.69. The van der Waals surface area contributed by atoms with Crippen molar-refractivity contribution in [3.05, 3.63) is 39.8 Å². The molecule has 2 heterocycles. The van der Waals surface area contributed by atoms with Crippen LogP contribution in [0.4, 0.5) is 5.69 Å². The molecule has 0 spiro atoms. The summed E-state index contributed by atoms with van der Waals surface area (Å²) < 4.78 is 5.40. The smallest absolute Gasteiger partial charge is 0.286 e. The Morgan fingerprint density at radius 2 is 2.17 bits per heavy atom. The summed E-state index contributed by atoms with van der Waals surface area (Å²) in [6.07, 6.45) is 1.12. The largest absolute Gasteiger partial charge is 0.381 e. The molecule has 24 heavy (non-hydrogen) atoms. The van der Waals surface area contributed by atoms with Crippen molar-refractivity contribution in [2.24, 2.45) is 5.92 Å². The Morgan fingerprint density at radius 1 is 1.38 bits per heavy atom. The highest BCUT2D eigenvalue weighted by molar-refractivity contribution is 7.13. The van der Waals surface area contributed by atoms with Crippen LogP contribution in [0.3, 0.4) is 0 Å². The molecule has 1 aromatic heterocycles. The summed E-state index contributed by atoms with van der Waals surface area (Å²) in [7, 11) is 2.06. The molecule has 1 saturated heterocycles. The van der Waals surface area contributed by atoms with Crippen LogP contribution in [0.5, 0.6) is 0 Å². The zero-order valence-electron chi connectivity index (χ0n) is 14.0. The van der Waals surface area contributed by atoms with Crippen LogP contribution >= 0.6 is 11.3 Å². The van der Waals surface area contributed by atoms with Crippen LogP contribution in [0, 0.1) is 12.8 Å². The molecule has 1 aromatic carbocycles. The fraction of sp³-hybridized carbons (Fsp3) is 0.471. The van der Waals surface area contributed by atoms with Gasteiger partial charge in [0.15, 0.2) is 0 Å². The van der Waals surface area contributed by atoms with Crippen molar-refractivity contribution in [2.45, 2.75) is 19.9 Å². The number of ether oxygens (including phenoxy) is 1. The average Bonchev–Trinajstić information content (AvgIpc) is 3.21. The number of nitrogens with zero attached hydrogens (tertiary/aromatic N) is 3. The van der Waals surface area contributed by atoms with E-state index < -0.39 is 0 Å². The number of nitrogens with one attached hydrogen (secondary N) is 1.